The summed E-state index contributed by atoms with van der Waals surface area (Å²) >= 11 is 3.33. The second-order valence-electron chi connectivity index (χ2n) is 3.97. The summed E-state index contributed by atoms with van der Waals surface area (Å²) in [4.78, 5) is 8.62. The van der Waals surface area contributed by atoms with Gasteiger partial charge in [-0.2, -0.15) is 0 Å². The number of rotatable bonds is 3. The van der Waals surface area contributed by atoms with Gasteiger partial charge < -0.3 is 5.73 Å². The predicted octanol–water partition coefficient (Wildman–Crippen LogP) is 2.85. The zero-order valence-electron chi connectivity index (χ0n) is 9.95. The minimum absolute atomic E-state index is 0.296. The zero-order valence-corrected chi connectivity index (χ0v) is 11.5. The highest BCUT2D eigenvalue weighted by atomic mass is 79.9. The molecule has 0 aliphatic rings. The first-order chi connectivity index (χ1) is 8.60. The van der Waals surface area contributed by atoms with Crippen LogP contribution in [0, 0.1) is 12.7 Å². The quantitative estimate of drug-likeness (QED) is 0.948. The summed E-state index contributed by atoms with van der Waals surface area (Å²) in [5.41, 5.74) is 7.35. The second kappa shape index (κ2) is 5.54. The van der Waals surface area contributed by atoms with Crippen LogP contribution in [0.25, 0.3) is 11.3 Å². The smallest absolute Gasteiger partial charge is 0.132 e. The molecule has 0 radical (unpaired) electrons. The Labute approximate surface area is 113 Å². The lowest BCUT2D eigenvalue weighted by Gasteiger charge is -2.07. The first-order valence-electron chi connectivity index (χ1n) is 5.60. The van der Waals surface area contributed by atoms with Gasteiger partial charge in [-0.15, -0.1) is 0 Å². The number of nitrogens with zero attached hydrogens (tertiary/aromatic N) is 2. The second-order valence-corrected chi connectivity index (χ2v) is 4.89. The molecule has 3 nitrogen and oxygen atoms in total. The van der Waals surface area contributed by atoms with Gasteiger partial charge in [0.15, 0.2) is 0 Å². The number of aromatic nitrogens is 2. The highest BCUT2D eigenvalue weighted by Crippen LogP contribution is 2.25. The molecule has 1 aromatic carbocycles. The summed E-state index contributed by atoms with van der Waals surface area (Å²) in [6.07, 6.45) is 0.588. The molecule has 18 heavy (non-hydrogen) atoms. The van der Waals surface area contributed by atoms with E-state index in [1.54, 1.807) is 18.2 Å². The molecule has 0 saturated carbocycles. The molecular weight excluding hydrogens is 297 g/mol. The Balaban J connectivity index is 2.52. The summed E-state index contributed by atoms with van der Waals surface area (Å²) in [6, 6.07) is 6.56. The number of hydrogen-bond donors (Lipinski definition) is 1. The molecule has 0 atom stereocenters. The van der Waals surface area contributed by atoms with Gasteiger partial charge in [0.05, 0.1) is 5.69 Å². The Morgan fingerprint density at radius 1 is 1.28 bits per heavy atom. The normalized spacial score (nSPS) is 10.7. The van der Waals surface area contributed by atoms with Crippen LogP contribution in [0.2, 0.25) is 0 Å². The van der Waals surface area contributed by atoms with Gasteiger partial charge in [0.1, 0.15) is 11.6 Å². The largest absolute Gasteiger partial charge is 0.330 e. The number of nitrogens with two attached hydrogens (primary N) is 1. The van der Waals surface area contributed by atoms with Gasteiger partial charge in [0.25, 0.3) is 0 Å². The number of hydrogen-bond acceptors (Lipinski definition) is 3. The zero-order chi connectivity index (χ0) is 13.1. The summed E-state index contributed by atoms with van der Waals surface area (Å²) in [5.74, 6) is 0.349. The topological polar surface area (TPSA) is 51.8 Å². The molecule has 1 heterocycles. The fourth-order valence-corrected chi connectivity index (χ4v) is 2.06. The third-order valence-electron chi connectivity index (χ3n) is 2.47. The molecule has 0 saturated heterocycles. The lowest BCUT2D eigenvalue weighted by Crippen LogP contribution is -2.08. The molecule has 0 bridgehead atoms. The molecule has 2 rings (SSSR count). The van der Waals surface area contributed by atoms with Crippen LogP contribution in [-0.2, 0) is 6.42 Å². The van der Waals surface area contributed by atoms with E-state index in [9.17, 15) is 4.39 Å². The van der Waals surface area contributed by atoms with Crippen LogP contribution in [-0.4, -0.2) is 16.5 Å². The Kier molecular flexibility index (Phi) is 4.04. The number of halogens is 2. The van der Waals surface area contributed by atoms with Gasteiger partial charge >= 0.3 is 0 Å². The van der Waals surface area contributed by atoms with Crippen molar-refractivity contribution in [1.82, 2.24) is 9.97 Å². The lowest BCUT2D eigenvalue weighted by atomic mass is 10.1. The Morgan fingerprint density at radius 2 is 2.06 bits per heavy atom. The van der Waals surface area contributed by atoms with E-state index in [1.807, 2.05) is 6.92 Å². The molecule has 2 N–H and O–H groups in total. The van der Waals surface area contributed by atoms with Crippen LogP contribution >= 0.6 is 15.9 Å². The van der Waals surface area contributed by atoms with Crippen molar-refractivity contribution >= 4 is 15.9 Å². The van der Waals surface area contributed by atoms with Crippen LogP contribution in [0.4, 0.5) is 4.39 Å². The van der Waals surface area contributed by atoms with E-state index in [0.717, 1.165) is 10.2 Å². The van der Waals surface area contributed by atoms with E-state index < -0.39 is 0 Å². The molecule has 0 aliphatic heterocycles. The van der Waals surface area contributed by atoms with Gasteiger partial charge in [-0.1, -0.05) is 15.9 Å². The molecular formula is C13H13BrFN3. The van der Waals surface area contributed by atoms with E-state index in [2.05, 4.69) is 25.9 Å². The third-order valence-corrected chi connectivity index (χ3v) is 2.97. The Hall–Kier alpha value is -1.33. The average Bonchev–Trinajstić information content (AvgIpc) is 2.32. The molecule has 0 aliphatic carbocycles. The van der Waals surface area contributed by atoms with E-state index in [-0.39, 0.29) is 5.82 Å². The van der Waals surface area contributed by atoms with Crippen molar-refractivity contribution in [2.45, 2.75) is 13.3 Å². The number of aryl methyl sites for hydroxylation is 1. The van der Waals surface area contributed by atoms with E-state index in [4.69, 9.17) is 5.73 Å². The van der Waals surface area contributed by atoms with Gasteiger partial charge in [-0.3, -0.25) is 0 Å². The third kappa shape index (κ3) is 2.91. The van der Waals surface area contributed by atoms with Crippen molar-refractivity contribution in [3.63, 3.8) is 0 Å². The molecule has 1 aromatic heterocycles. The average molecular weight is 310 g/mol. The molecule has 5 heteroatoms. The molecule has 0 spiro atoms. The SMILES string of the molecule is Cc1cc(-c2cc(Br)ccc2F)nc(CCN)n1. The Bertz CT molecular complexity index is 572. The van der Waals surface area contributed by atoms with Crippen LogP contribution < -0.4 is 5.73 Å². The first-order valence-corrected chi connectivity index (χ1v) is 6.39. The van der Waals surface area contributed by atoms with E-state index in [0.29, 0.717) is 30.0 Å². The standard InChI is InChI=1S/C13H13BrFN3/c1-8-6-12(18-13(17-8)4-5-16)10-7-9(14)2-3-11(10)15/h2-3,6-7H,4-5,16H2,1H3. The molecule has 2 aromatic rings. The lowest BCUT2D eigenvalue weighted by molar-refractivity contribution is 0.630. The summed E-state index contributed by atoms with van der Waals surface area (Å²) in [5, 5.41) is 0. The van der Waals surface area contributed by atoms with Crippen molar-refractivity contribution < 1.29 is 4.39 Å². The van der Waals surface area contributed by atoms with E-state index >= 15 is 0 Å². The molecule has 0 amide bonds. The highest BCUT2D eigenvalue weighted by molar-refractivity contribution is 9.10. The fourth-order valence-electron chi connectivity index (χ4n) is 1.70. The van der Waals surface area contributed by atoms with E-state index in [1.165, 1.54) is 6.07 Å². The van der Waals surface area contributed by atoms with Crippen molar-refractivity contribution in [2.75, 3.05) is 6.54 Å². The summed E-state index contributed by atoms with van der Waals surface area (Å²) < 4.78 is 14.6. The monoisotopic (exact) mass is 309 g/mol. The van der Waals surface area contributed by atoms with Gasteiger partial charge in [-0.05, 0) is 37.7 Å². The highest BCUT2D eigenvalue weighted by Gasteiger charge is 2.09. The molecule has 94 valence electrons. The van der Waals surface area contributed by atoms with Crippen LogP contribution in [0.1, 0.15) is 11.5 Å². The van der Waals surface area contributed by atoms with Crippen molar-refractivity contribution in [1.29, 1.82) is 0 Å². The maximum atomic E-state index is 13.8. The summed E-state index contributed by atoms with van der Waals surface area (Å²) in [7, 11) is 0. The van der Waals surface area contributed by atoms with Crippen molar-refractivity contribution in [2.24, 2.45) is 5.73 Å². The molecule has 0 unspecified atom stereocenters. The van der Waals surface area contributed by atoms with Gasteiger partial charge in [0, 0.05) is 22.2 Å². The maximum absolute atomic E-state index is 13.8. The van der Waals surface area contributed by atoms with Crippen LogP contribution in [0.15, 0.2) is 28.7 Å². The molecule has 0 fully saturated rings. The van der Waals surface area contributed by atoms with Crippen molar-refractivity contribution in [3.8, 4) is 11.3 Å². The number of benzene rings is 1. The predicted molar refractivity (Wildman–Crippen MR) is 72.6 cm³/mol. The Morgan fingerprint density at radius 3 is 2.78 bits per heavy atom. The summed E-state index contributed by atoms with van der Waals surface area (Å²) in [6.45, 7) is 2.34. The fraction of sp³-hybridized carbons (Fsp3) is 0.231. The van der Waals surface area contributed by atoms with Crippen LogP contribution in [0.3, 0.4) is 0 Å². The van der Waals surface area contributed by atoms with Crippen molar-refractivity contribution in [3.05, 3.63) is 46.1 Å². The van der Waals surface area contributed by atoms with Gasteiger partial charge in [-0.25, -0.2) is 14.4 Å². The first kappa shape index (κ1) is 13.1. The van der Waals surface area contributed by atoms with Crippen LogP contribution in [0.5, 0.6) is 0 Å². The maximum Gasteiger partial charge on any atom is 0.132 e. The minimum Gasteiger partial charge on any atom is -0.330 e. The minimum atomic E-state index is -0.296. The van der Waals surface area contributed by atoms with Gasteiger partial charge in [0.2, 0.25) is 0 Å².